The van der Waals surface area contributed by atoms with Gasteiger partial charge in [0.05, 0.1) is 0 Å². The summed E-state index contributed by atoms with van der Waals surface area (Å²) in [7, 11) is 0. The molecule has 1 atom stereocenters. The first-order chi connectivity index (χ1) is 10.0. The number of ether oxygens (including phenoxy) is 1. The maximum absolute atomic E-state index is 12.1. The van der Waals surface area contributed by atoms with Crippen molar-refractivity contribution < 1.29 is 9.53 Å². The second-order valence-corrected chi connectivity index (χ2v) is 5.29. The molecule has 0 aliphatic rings. The third-order valence-corrected chi connectivity index (χ3v) is 3.19. The topological polar surface area (TPSA) is 38.3 Å². The monoisotopic (exact) mass is 283 g/mol. The van der Waals surface area contributed by atoms with Gasteiger partial charge in [0.2, 0.25) is 0 Å². The molecule has 0 unspecified atom stereocenters. The highest BCUT2D eigenvalue weighted by Crippen LogP contribution is 2.17. The first-order valence-electron chi connectivity index (χ1n) is 7.11. The summed E-state index contributed by atoms with van der Waals surface area (Å²) in [5.41, 5.74) is 3.33. The fourth-order valence-electron chi connectivity index (χ4n) is 2.19. The molecule has 110 valence electrons. The van der Waals surface area contributed by atoms with Gasteiger partial charge in [-0.15, -0.1) is 0 Å². The van der Waals surface area contributed by atoms with Crippen molar-refractivity contribution in [3.8, 4) is 5.75 Å². The first-order valence-corrected chi connectivity index (χ1v) is 7.11. The number of hydrogen-bond donors (Lipinski definition) is 1. The van der Waals surface area contributed by atoms with E-state index in [0.29, 0.717) is 6.54 Å². The summed E-state index contributed by atoms with van der Waals surface area (Å²) in [5, 5.41) is 2.88. The number of aryl methyl sites for hydroxylation is 2. The molecule has 21 heavy (non-hydrogen) atoms. The fraction of sp³-hybridized carbons (Fsp3) is 0.278. The highest BCUT2D eigenvalue weighted by Gasteiger charge is 2.14. The summed E-state index contributed by atoms with van der Waals surface area (Å²) in [4.78, 5) is 12.1. The minimum absolute atomic E-state index is 0.113. The molecule has 2 aromatic carbocycles. The Morgan fingerprint density at radius 3 is 2.33 bits per heavy atom. The zero-order chi connectivity index (χ0) is 15.2. The van der Waals surface area contributed by atoms with Crippen LogP contribution in [0.4, 0.5) is 0 Å². The molecule has 3 heteroatoms. The molecule has 0 aromatic heterocycles. The second-order valence-electron chi connectivity index (χ2n) is 5.29. The SMILES string of the molecule is Cc1cc(C)cc(O[C@H](C)C(=O)NCc2ccccc2)c1. The van der Waals surface area contributed by atoms with Crippen molar-refractivity contribution >= 4 is 5.91 Å². The van der Waals surface area contributed by atoms with E-state index in [-0.39, 0.29) is 5.91 Å². The van der Waals surface area contributed by atoms with Crippen LogP contribution >= 0.6 is 0 Å². The predicted octanol–water partition coefficient (Wildman–Crippen LogP) is 3.39. The van der Waals surface area contributed by atoms with Crippen molar-refractivity contribution in [2.24, 2.45) is 0 Å². The van der Waals surface area contributed by atoms with Crippen LogP contribution in [-0.4, -0.2) is 12.0 Å². The number of carbonyl (C=O) groups is 1. The van der Waals surface area contributed by atoms with Crippen LogP contribution in [0.2, 0.25) is 0 Å². The molecule has 0 saturated heterocycles. The maximum Gasteiger partial charge on any atom is 0.261 e. The van der Waals surface area contributed by atoms with E-state index in [0.717, 1.165) is 22.4 Å². The summed E-state index contributed by atoms with van der Waals surface area (Å²) in [5.74, 6) is 0.618. The summed E-state index contributed by atoms with van der Waals surface area (Å²) in [6.07, 6.45) is -0.519. The van der Waals surface area contributed by atoms with E-state index in [4.69, 9.17) is 4.74 Å². The van der Waals surface area contributed by atoms with E-state index >= 15 is 0 Å². The average molecular weight is 283 g/mol. The van der Waals surface area contributed by atoms with Crippen LogP contribution in [0.15, 0.2) is 48.5 Å². The highest BCUT2D eigenvalue weighted by atomic mass is 16.5. The quantitative estimate of drug-likeness (QED) is 0.913. The van der Waals surface area contributed by atoms with Gasteiger partial charge in [0.15, 0.2) is 6.10 Å². The van der Waals surface area contributed by atoms with Crippen molar-refractivity contribution in [1.82, 2.24) is 5.32 Å². The molecule has 2 aromatic rings. The van der Waals surface area contributed by atoms with Gasteiger partial charge in [-0.1, -0.05) is 36.4 Å². The molecule has 0 aliphatic heterocycles. The molecular formula is C18H21NO2. The highest BCUT2D eigenvalue weighted by molar-refractivity contribution is 5.80. The van der Waals surface area contributed by atoms with Gasteiger partial charge in [-0.05, 0) is 49.6 Å². The number of benzene rings is 2. The Morgan fingerprint density at radius 1 is 1.10 bits per heavy atom. The summed E-state index contributed by atoms with van der Waals surface area (Å²) in [6.45, 7) is 6.30. The number of carbonyl (C=O) groups excluding carboxylic acids is 1. The third-order valence-electron chi connectivity index (χ3n) is 3.19. The second kappa shape index (κ2) is 6.93. The number of rotatable bonds is 5. The van der Waals surface area contributed by atoms with Crippen LogP contribution in [0.3, 0.4) is 0 Å². The molecule has 0 fully saturated rings. The van der Waals surface area contributed by atoms with Gasteiger partial charge in [0.1, 0.15) is 5.75 Å². The van der Waals surface area contributed by atoms with Crippen molar-refractivity contribution in [3.05, 3.63) is 65.2 Å². The molecule has 1 amide bonds. The number of nitrogens with one attached hydrogen (secondary N) is 1. The van der Waals surface area contributed by atoms with Gasteiger partial charge >= 0.3 is 0 Å². The van der Waals surface area contributed by atoms with Crippen molar-refractivity contribution in [2.45, 2.75) is 33.4 Å². The molecule has 0 radical (unpaired) electrons. The zero-order valence-electron chi connectivity index (χ0n) is 12.7. The van der Waals surface area contributed by atoms with Gasteiger partial charge in [0.25, 0.3) is 5.91 Å². The molecular weight excluding hydrogens is 262 g/mol. The van der Waals surface area contributed by atoms with Crippen LogP contribution in [0.25, 0.3) is 0 Å². The van der Waals surface area contributed by atoms with Gasteiger partial charge in [-0.3, -0.25) is 4.79 Å². The maximum atomic E-state index is 12.1. The number of amides is 1. The largest absolute Gasteiger partial charge is 0.481 e. The number of hydrogen-bond acceptors (Lipinski definition) is 2. The smallest absolute Gasteiger partial charge is 0.261 e. The van der Waals surface area contributed by atoms with Gasteiger partial charge in [0, 0.05) is 6.54 Å². The van der Waals surface area contributed by atoms with E-state index in [9.17, 15) is 4.79 Å². The Labute approximate surface area is 126 Å². The Morgan fingerprint density at radius 2 is 1.71 bits per heavy atom. The van der Waals surface area contributed by atoms with Gasteiger partial charge < -0.3 is 10.1 Å². The molecule has 3 nitrogen and oxygen atoms in total. The lowest BCUT2D eigenvalue weighted by Crippen LogP contribution is -2.35. The lowest BCUT2D eigenvalue weighted by atomic mass is 10.1. The molecule has 1 N–H and O–H groups in total. The van der Waals surface area contributed by atoms with Gasteiger partial charge in [-0.25, -0.2) is 0 Å². The molecule has 0 bridgehead atoms. The van der Waals surface area contributed by atoms with Crippen LogP contribution in [0, 0.1) is 13.8 Å². The molecule has 0 saturated carbocycles. The molecule has 0 heterocycles. The average Bonchev–Trinajstić information content (AvgIpc) is 2.44. The summed E-state index contributed by atoms with van der Waals surface area (Å²) < 4.78 is 5.71. The lowest BCUT2D eigenvalue weighted by Gasteiger charge is -2.15. The van der Waals surface area contributed by atoms with Gasteiger partial charge in [-0.2, -0.15) is 0 Å². The standard InChI is InChI=1S/C18H21NO2/c1-13-9-14(2)11-17(10-13)21-15(3)18(20)19-12-16-7-5-4-6-8-16/h4-11,15H,12H2,1-3H3,(H,19,20)/t15-/m1/s1. The third kappa shape index (κ3) is 4.63. The van der Waals surface area contributed by atoms with E-state index in [2.05, 4.69) is 11.4 Å². The fourth-order valence-corrected chi connectivity index (χ4v) is 2.19. The van der Waals surface area contributed by atoms with Crippen molar-refractivity contribution in [3.63, 3.8) is 0 Å². The van der Waals surface area contributed by atoms with E-state index < -0.39 is 6.10 Å². The van der Waals surface area contributed by atoms with Crippen LogP contribution < -0.4 is 10.1 Å². The molecule has 2 rings (SSSR count). The van der Waals surface area contributed by atoms with Crippen molar-refractivity contribution in [2.75, 3.05) is 0 Å². The minimum atomic E-state index is -0.519. The zero-order valence-corrected chi connectivity index (χ0v) is 12.7. The minimum Gasteiger partial charge on any atom is -0.481 e. The van der Waals surface area contributed by atoms with Crippen molar-refractivity contribution in [1.29, 1.82) is 0 Å². The Bertz CT molecular complexity index is 588. The van der Waals surface area contributed by atoms with E-state index in [1.807, 2.05) is 56.3 Å². The lowest BCUT2D eigenvalue weighted by molar-refractivity contribution is -0.127. The Hall–Kier alpha value is -2.29. The molecule has 0 spiro atoms. The van der Waals surface area contributed by atoms with E-state index in [1.165, 1.54) is 0 Å². The van der Waals surface area contributed by atoms with E-state index in [1.54, 1.807) is 6.92 Å². The van der Waals surface area contributed by atoms with Crippen LogP contribution in [0.5, 0.6) is 5.75 Å². The first kappa shape index (κ1) is 15.1. The summed E-state index contributed by atoms with van der Waals surface area (Å²) in [6, 6.07) is 15.8. The Kier molecular flexibility index (Phi) is 4.99. The Balaban J connectivity index is 1.90. The normalized spacial score (nSPS) is 11.8. The predicted molar refractivity (Wildman–Crippen MR) is 84.3 cm³/mol. The molecule has 0 aliphatic carbocycles. The van der Waals surface area contributed by atoms with Crippen LogP contribution in [0.1, 0.15) is 23.6 Å². The summed E-state index contributed by atoms with van der Waals surface area (Å²) >= 11 is 0. The van der Waals surface area contributed by atoms with Crippen LogP contribution in [-0.2, 0) is 11.3 Å².